The number of carbonyl (C=O) groups is 1. The minimum Gasteiger partial charge on any atom is -0.463 e. The summed E-state index contributed by atoms with van der Waals surface area (Å²) in [4.78, 5) is 10.2. The molecule has 0 atom stereocenters. The molecule has 58 valence electrons. The fourth-order valence-corrected chi connectivity index (χ4v) is 0.680. The molecule has 0 aliphatic carbocycles. The van der Waals surface area contributed by atoms with Crippen LogP contribution in [0, 0.1) is 0 Å². The fraction of sp³-hybridized carbons (Fsp3) is 0. The number of benzene rings is 1. The molecule has 0 heterocycles. The van der Waals surface area contributed by atoms with E-state index in [1.165, 1.54) is 12.1 Å². The molecule has 4 heteroatoms. The van der Waals surface area contributed by atoms with E-state index < -0.39 is 6.09 Å². The Balaban J connectivity index is 2.85. The highest BCUT2D eigenvalue weighted by Gasteiger charge is 2.08. The minimum atomic E-state index is -1.39. The molecule has 0 saturated carbocycles. The van der Waals surface area contributed by atoms with Crippen LogP contribution in [-0.2, 0) is 0 Å². The molecule has 1 amide bonds. The van der Waals surface area contributed by atoms with E-state index in [-0.39, 0.29) is 10.8 Å². The quantitative estimate of drug-likeness (QED) is 0.475. The summed E-state index contributed by atoms with van der Waals surface area (Å²) >= 11 is 0. The van der Waals surface area contributed by atoms with Gasteiger partial charge in [-0.25, -0.2) is 4.79 Å². The zero-order valence-electron chi connectivity index (χ0n) is 5.64. The van der Waals surface area contributed by atoms with Gasteiger partial charge >= 0.3 is 6.09 Å². The van der Waals surface area contributed by atoms with Crippen molar-refractivity contribution in [1.29, 1.82) is 0 Å². The number of hydrogen-bond donors (Lipinski definition) is 2. The number of carboxylic acid groups (broad SMARTS) is 1. The van der Waals surface area contributed by atoms with Crippen LogP contribution in [0.4, 0.5) is 10.5 Å². The highest BCUT2D eigenvalue weighted by molar-refractivity contribution is 5.82. The van der Waals surface area contributed by atoms with Crippen LogP contribution in [0.1, 0.15) is 0 Å². The van der Waals surface area contributed by atoms with Crippen molar-refractivity contribution in [3.63, 3.8) is 0 Å². The Hall–Kier alpha value is -1.55. The summed E-state index contributed by atoms with van der Waals surface area (Å²) in [5.41, 5.74) is 0.236. The van der Waals surface area contributed by atoms with Crippen molar-refractivity contribution in [2.24, 2.45) is 0 Å². The Kier molecular flexibility index (Phi) is 2.08. The number of hydroxylamine groups is 1. The van der Waals surface area contributed by atoms with Gasteiger partial charge in [-0.05, 0) is 12.1 Å². The molecule has 2 N–H and O–H groups in total. The van der Waals surface area contributed by atoms with Gasteiger partial charge in [0.25, 0.3) is 0 Å². The molecule has 0 fully saturated rings. The summed E-state index contributed by atoms with van der Waals surface area (Å²) in [6, 6.07) is 8.00. The lowest BCUT2D eigenvalue weighted by Gasteiger charge is -2.08. The van der Waals surface area contributed by atoms with Crippen LogP contribution in [0.3, 0.4) is 0 Å². The van der Waals surface area contributed by atoms with Gasteiger partial charge < -0.3 is 5.11 Å². The average molecular weight is 153 g/mol. The molecule has 1 aromatic rings. The number of hydrogen-bond acceptors (Lipinski definition) is 2. The van der Waals surface area contributed by atoms with Crippen LogP contribution in [0.2, 0.25) is 0 Å². The van der Waals surface area contributed by atoms with Crippen LogP contribution < -0.4 is 5.06 Å². The molecule has 11 heavy (non-hydrogen) atoms. The van der Waals surface area contributed by atoms with Gasteiger partial charge in [-0.3, -0.25) is 5.21 Å². The molecular weight excluding hydrogens is 146 g/mol. The highest BCUT2D eigenvalue weighted by Crippen LogP contribution is 2.09. The number of rotatable bonds is 1. The number of amides is 1. The standard InChI is InChI=1S/C7H7NO3/c9-7(10)8(11)6-4-2-1-3-5-6/h1-5,11H,(H,9,10). The van der Waals surface area contributed by atoms with E-state index in [2.05, 4.69) is 0 Å². The Morgan fingerprint density at radius 1 is 1.27 bits per heavy atom. The lowest BCUT2D eigenvalue weighted by atomic mass is 10.3. The molecule has 0 unspecified atom stereocenters. The molecule has 0 aliphatic rings. The number of para-hydroxylation sites is 1. The molecule has 1 aromatic carbocycles. The molecule has 0 bridgehead atoms. The maximum atomic E-state index is 10.2. The maximum Gasteiger partial charge on any atom is 0.436 e. The lowest BCUT2D eigenvalue weighted by molar-refractivity contribution is 0.160. The summed E-state index contributed by atoms with van der Waals surface area (Å²) in [6.45, 7) is 0. The normalized spacial score (nSPS) is 9.18. The molecule has 0 radical (unpaired) electrons. The Labute approximate surface area is 63.3 Å². The zero-order valence-corrected chi connectivity index (χ0v) is 5.64. The van der Waals surface area contributed by atoms with Crippen molar-refractivity contribution in [1.82, 2.24) is 0 Å². The first-order chi connectivity index (χ1) is 5.22. The van der Waals surface area contributed by atoms with Crippen LogP contribution in [0.15, 0.2) is 30.3 Å². The third kappa shape index (κ3) is 1.68. The van der Waals surface area contributed by atoms with Gasteiger partial charge in [-0.15, -0.1) is 0 Å². The first kappa shape index (κ1) is 7.56. The van der Waals surface area contributed by atoms with Gasteiger partial charge in [-0.2, -0.15) is 5.06 Å². The van der Waals surface area contributed by atoms with Gasteiger partial charge in [0.1, 0.15) is 0 Å². The van der Waals surface area contributed by atoms with Crippen LogP contribution >= 0.6 is 0 Å². The van der Waals surface area contributed by atoms with Crippen molar-refractivity contribution in [3.8, 4) is 0 Å². The summed E-state index contributed by atoms with van der Waals surface area (Å²) in [7, 11) is 0. The Morgan fingerprint density at radius 3 is 2.27 bits per heavy atom. The summed E-state index contributed by atoms with van der Waals surface area (Å²) in [6.07, 6.45) is -1.39. The third-order valence-electron chi connectivity index (χ3n) is 1.18. The van der Waals surface area contributed by atoms with Crippen molar-refractivity contribution >= 4 is 11.8 Å². The smallest absolute Gasteiger partial charge is 0.436 e. The second-order valence-electron chi connectivity index (χ2n) is 1.93. The van der Waals surface area contributed by atoms with Gasteiger partial charge in [0.05, 0.1) is 5.69 Å². The van der Waals surface area contributed by atoms with E-state index in [0.717, 1.165) is 0 Å². The lowest BCUT2D eigenvalue weighted by Crippen LogP contribution is -2.24. The third-order valence-corrected chi connectivity index (χ3v) is 1.18. The van der Waals surface area contributed by atoms with Crippen molar-refractivity contribution in [3.05, 3.63) is 30.3 Å². The minimum absolute atomic E-state index is 0.167. The molecule has 0 aliphatic heterocycles. The molecule has 0 saturated heterocycles. The molecule has 0 spiro atoms. The Bertz CT molecular complexity index is 247. The topological polar surface area (TPSA) is 60.8 Å². The van der Waals surface area contributed by atoms with Crippen molar-refractivity contribution in [2.45, 2.75) is 0 Å². The fourth-order valence-electron chi connectivity index (χ4n) is 0.680. The largest absolute Gasteiger partial charge is 0.463 e. The SMILES string of the molecule is O=C(O)N(O)c1ccccc1. The maximum absolute atomic E-state index is 10.2. The van der Waals surface area contributed by atoms with Crippen LogP contribution in [0.5, 0.6) is 0 Å². The first-order valence-corrected chi connectivity index (χ1v) is 2.99. The monoisotopic (exact) mass is 153 g/mol. The van der Waals surface area contributed by atoms with Crippen molar-refractivity contribution < 1.29 is 15.1 Å². The Morgan fingerprint density at radius 2 is 1.82 bits per heavy atom. The number of anilines is 1. The summed E-state index contributed by atoms with van der Waals surface area (Å²) < 4.78 is 0. The number of nitrogens with zero attached hydrogens (tertiary/aromatic N) is 1. The molecule has 0 aromatic heterocycles. The highest BCUT2D eigenvalue weighted by atomic mass is 16.6. The van der Waals surface area contributed by atoms with E-state index in [9.17, 15) is 4.79 Å². The van der Waals surface area contributed by atoms with Gasteiger partial charge in [0.15, 0.2) is 0 Å². The predicted octanol–water partition coefficient (Wildman–Crippen LogP) is 1.56. The molecular formula is C7H7NO3. The van der Waals surface area contributed by atoms with Gasteiger partial charge in [0.2, 0.25) is 0 Å². The van der Waals surface area contributed by atoms with Gasteiger partial charge in [-0.1, -0.05) is 18.2 Å². The summed E-state index contributed by atoms with van der Waals surface area (Å²) in [5, 5.41) is 17.3. The summed E-state index contributed by atoms with van der Waals surface area (Å²) in [5.74, 6) is 0. The average Bonchev–Trinajstić information content (AvgIpc) is 2.05. The van der Waals surface area contributed by atoms with Crippen LogP contribution in [0.25, 0.3) is 0 Å². The second kappa shape index (κ2) is 3.03. The van der Waals surface area contributed by atoms with Crippen molar-refractivity contribution in [2.75, 3.05) is 5.06 Å². The molecule has 4 nitrogen and oxygen atoms in total. The van der Waals surface area contributed by atoms with E-state index in [1.807, 2.05) is 0 Å². The van der Waals surface area contributed by atoms with Crippen LogP contribution in [-0.4, -0.2) is 16.4 Å². The predicted molar refractivity (Wildman–Crippen MR) is 38.7 cm³/mol. The van der Waals surface area contributed by atoms with E-state index in [1.54, 1.807) is 18.2 Å². The van der Waals surface area contributed by atoms with E-state index in [4.69, 9.17) is 10.3 Å². The van der Waals surface area contributed by atoms with Gasteiger partial charge in [0, 0.05) is 0 Å². The molecule has 1 rings (SSSR count). The van der Waals surface area contributed by atoms with E-state index in [0.29, 0.717) is 0 Å². The second-order valence-corrected chi connectivity index (χ2v) is 1.93. The van der Waals surface area contributed by atoms with E-state index >= 15 is 0 Å². The zero-order chi connectivity index (χ0) is 8.27. The first-order valence-electron chi connectivity index (χ1n) is 2.99.